The van der Waals surface area contributed by atoms with Gasteiger partial charge in [0.05, 0.1) is 55.0 Å². The second kappa shape index (κ2) is 17.8. The van der Waals surface area contributed by atoms with Crippen LogP contribution < -0.4 is 15.5 Å². The maximum Gasteiger partial charge on any atom is 0.355 e. The molecular weight excluding hydrogens is 803 g/mol. The molecular formula is C48H61N7O6S. The molecule has 3 unspecified atom stereocenters. The molecule has 3 atom stereocenters. The third-order valence-corrected chi connectivity index (χ3v) is 13.9. The van der Waals surface area contributed by atoms with Gasteiger partial charge in [-0.1, -0.05) is 56.4 Å². The number of carboxylic acids is 1. The Morgan fingerprint density at radius 2 is 1.66 bits per heavy atom. The number of aromatic nitrogens is 4. The average Bonchev–Trinajstić information content (AvgIpc) is 3.79. The number of benzene rings is 2. The first-order valence-electron chi connectivity index (χ1n) is 21.9. The minimum atomic E-state index is -1.10. The van der Waals surface area contributed by atoms with Gasteiger partial charge in [-0.2, -0.15) is 5.10 Å². The van der Waals surface area contributed by atoms with Gasteiger partial charge in [-0.05, 0) is 117 Å². The minimum absolute atomic E-state index is 0.0206. The number of hydrogen-bond donors (Lipinski definition) is 3. The molecule has 62 heavy (non-hydrogen) atoms. The molecule has 3 aromatic heterocycles. The van der Waals surface area contributed by atoms with Gasteiger partial charge in [0.15, 0.2) is 10.8 Å². The number of carboxylic acid groups (broad SMARTS) is 1. The number of fused-ring (bicyclic) bond motifs is 4. The summed E-state index contributed by atoms with van der Waals surface area (Å²) in [4.78, 5) is 38.1. The highest BCUT2D eigenvalue weighted by Crippen LogP contribution is 2.64. The summed E-state index contributed by atoms with van der Waals surface area (Å²) in [5.41, 5.74) is 5.47. The number of para-hydroxylation sites is 1. The van der Waals surface area contributed by atoms with Crippen LogP contribution in [-0.4, -0.2) is 95.5 Å². The van der Waals surface area contributed by atoms with Crippen LogP contribution in [0.2, 0.25) is 0 Å². The lowest BCUT2D eigenvalue weighted by atomic mass is 9.46. The van der Waals surface area contributed by atoms with Crippen LogP contribution in [0.4, 0.5) is 10.9 Å². The molecule has 1 amide bonds. The Hall–Kier alpha value is -4.73. The molecule has 2 fully saturated rings. The van der Waals surface area contributed by atoms with Crippen LogP contribution in [0.1, 0.15) is 97.5 Å². The van der Waals surface area contributed by atoms with E-state index in [1.165, 1.54) is 11.3 Å². The van der Waals surface area contributed by atoms with Gasteiger partial charge in [0.1, 0.15) is 5.82 Å². The number of rotatable bonds is 17. The summed E-state index contributed by atoms with van der Waals surface area (Å²) in [7, 11) is 1.91. The molecule has 4 heterocycles. The number of ether oxygens (including phenoxy) is 3. The standard InChI is InChI=1S/C48H61N7O6S/c1-32-36(24-50-55(32)31-48-27-45(2,3)26-46(4,29-48)28-47(5,30-48)61-23-22-60-21-20-59-19-17-49-6)34-14-15-40(52-41(34)43(57)58)54-18-16-33-10-9-11-35(37(33)25-54)42(56)53-44-51-38-12-7-8-13-39(38)62-44/h7-15,24,49H,16-23,25-31H2,1-6H3,(H,57,58)(H,51,53,56). The van der Waals surface area contributed by atoms with Crippen LogP contribution in [0, 0.1) is 23.2 Å². The maximum atomic E-state index is 13.7. The minimum Gasteiger partial charge on any atom is -0.476 e. The second-order valence-corrected chi connectivity index (χ2v) is 20.2. The zero-order chi connectivity index (χ0) is 43.7. The van der Waals surface area contributed by atoms with Crippen LogP contribution >= 0.6 is 11.3 Å². The smallest absolute Gasteiger partial charge is 0.355 e. The van der Waals surface area contributed by atoms with Crippen LogP contribution in [0.5, 0.6) is 0 Å². The highest BCUT2D eigenvalue weighted by atomic mass is 32.1. The first-order valence-corrected chi connectivity index (χ1v) is 22.7. The number of carbonyl (C=O) groups excluding carboxylic acids is 1. The van der Waals surface area contributed by atoms with Crippen molar-refractivity contribution in [1.82, 2.24) is 25.1 Å². The topological polar surface area (TPSA) is 153 Å². The molecule has 2 aliphatic carbocycles. The molecule has 1 aliphatic heterocycles. The molecule has 2 saturated carbocycles. The molecule has 14 heteroatoms. The molecule has 0 spiro atoms. The van der Waals surface area contributed by atoms with Gasteiger partial charge in [-0.25, -0.2) is 14.8 Å². The molecule has 3 aliphatic rings. The fourth-order valence-electron chi connectivity index (χ4n) is 11.7. The third kappa shape index (κ3) is 9.59. The highest BCUT2D eigenvalue weighted by molar-refractivity contribution is 7.22. The lowest BCUT2D eigenvalue weighted by Gasteiger charge is -2.61. The highest BCUT2D eigenvalue weighted by Gasteiger charge is 2.58. The number of nitrogens with zero attached hydrogens (tertiary/aromatic N) is 5. The predicted molar refractivity (Wildman–Crippen MR) is 243 cm³/mol. The molecule has 2 aromatic carbocycles. The van der Waals surface area contributed by atoms with Crippen molar-refractivity contribution in [1.29, 1.82) is 0 Å². The molecule has 3 N–H and O–H groups in total. The van der Waals surface area contributed by atoms with Gasteiger partial charge in [-0.15, -0.1) is 0 Å². The predicted octanol–water partition coefficient (Wildman–Crippen LogP) is 8.40. The van der Waals surface area contributed by atoms with Gasteiger partial charge in [0.2, 0.25) is 0 Å². The Morgan fingerprint density at radius 3 is 2.45 bits per heavy atom. The van der Waals surface area contributed by atoms with Crippen molar-refractivity contribution >= 4 is 44.4 Å². The van der Waals surface area contributed by atoms with Crippen molar-refractivity contribution in [3.63, 3.8) is 0 Å². The van der Waals surface area contributed by atoms with Crippen LogP contribution in [0.3, 0.4) is 0 Å². The molecule has 0 saturated heterocycles. The number of amides is 1. The number of carbonyl (C=O) groups is 2. The first-order chi connectivity index (χ1) is 29.7. The fourth-order valence-corrected chi connectivity index (χ4v) is 12.5. The summed E-state index contributed by atoms with van der Waals surface area (Å²) in [5, 5.41) is 22.2. The lowest BCUT2D eigenvalue weighted by Crippen LogP contribution is -2.56. The van der Waals surface area contributed by atoms with E-state index in [1.54, 1.807) is 6.20 Å². The average molecular weight is 864 g/mol. The van der Waals surface area contributed by atoms with Crippen LogP contribution in [0.15, 0.2) is 60.8 Å². The van der Waals surface area contributed by atoms with E-state index in [0.717, 1.165) is 71.2 Å². The molecule has 13 nitrogen and oxygen atoms in total. The Labute approximate surface area is 368 Å². The van der Waals surface area contributed by atoms with Crippen molar-refractivity contribution in [3.8, 4) is 11.1 Å². The summed E-state index contributed by atoms with van der Waals surface area (Å²) >= 11 is 1.44. The summed E-state index contributed by atoms with van der Waals surface area (Å²) in [5.74, 6) is -0.773. The van der Waals surface area contributed by atoms with Crippen LogP contribution in [-0.2, 0) is 33.7 Å². The zero-order valence-electron chi connectivity index (χ0n) is 37.0. The summed E-state index contributed by atoms with van der Waals surface area (Å²) in [6.07, 6.45) is 7.64. The number of pyridine rings is 1. The van der Waals surface area contributed by atoms with E-state index >= 15 is 0 Å². The molecule has 330 valence electrons. The van der Waals surface area contributed by atoms with E-state index in [2.05, 4.69) is 59.0 Å². The number of anilines is 2. The van der Waals surface area contributed by atoms with Crippen molar-refractivity contribution in [2.75, 3.05) is 63.4 Å². The number of thiazole rings is 1. The molecule has 8 rings (SSSR count). The van der Waals surface area contributed by atoms with Gasteiger partial charge in [0, 0.05) is 48.6 Å². The molecule has 0 radical (unpaired) electrons. The Balaban J connectivity index is 0.983. The lowest BCUT2D eigenvalue weighted by molar-refractivity contribution is -0.180. The van der Waals surface area contributed by atoms with Crippen molar-refractivity contribution in [2.24, 2.45) is 16.2 Å². The Morgan fingerprint density at radius 1 is 0.871 bits per heavy atom. The number of hydrogen-bond acceptors (Lipinski definition) is 11. The Bertz CT molecular complexity index is 2390. The summed E-state index contributed by atoms with van der Waals surface area (Å²) in [6, 6.07) is 17.4. The summed E-state index contributed by atoms with van der Waals surface area (Å²) in [6.45, 7) is 16.9. The van der Waals surface area contributed by atoms with Crippen molar-refractivity contribution in [3.05, 3.63) is 88.9 Å². The SMILES string of the molecule is CNCCOCCOCCOC1(C)CC2(C)CC(C)(C)CC(Cn3ncc(-c4ccc(N5CCc6cccc(C(=O)Nc7nc8ccccc8s7)c6C5)nc4C(=O)O)c3C)(C2)C1. The molecule has 5 aromatic rings. The maximum absolute atomic E-state index is 13.7. The van der Waals surface area contributed by atoms with Crippen molar-refractivity contribution < 1.29 is 28.9 Å². The van der Waals surface area contributed by atoms with Crippen LogP contribution in [0.25, 0.3) is 21.3 Å². The fraction of sp³-hybridized carbons (Fsp3) is 0.521. The van der Waals surface area contributed by atoms with E-state index in [-0.39, 0.29) is 33.4 Å². The number of likely N-dealkylation sites (N-methyl/N-ethyl adjacent to an activating group) is 1. The number of aromatic carboxylic acids is 1. The van der Waals surface area contributed by atoms with E-state index in [9.17, 15) is 14.7 Å². The van der Waals surface area contributed by atoms with Gasteiger partial charge >= 0.3 is 5.97 Å². The largest absolute Gasteiger partial charge is 0.476 e. The van der Waals surface area contributed by atoms with E-state index in [4.69, 9.17) is 24.3 Å². The quantitative estimate of drug-likeness (QED) is 0.0773. The normalized spacial score (nSPS) is 23.0. The second-order valence-electron chi connectivity index (χ2n) is 19.2. The third-order valence-electron chi connectivity index (χ3n) is 13.0. The van der Waals surface area contributed by atoms with Crippen molar-refractivity contribution in [2.45, 2.75) is 91.8 Å². The van der Waals surface area contributed by atoms with Gasteiger partial charge in [0.25, 0.3) is 5.91 Å². The van der Waals surface area contributed by atoms with E-state index in [1.807, 2.05) is 62.5 Å². The summed E-state index contributed by atoms with van der Waals surface area (Å²) < 4.78 is 21.3. The van der Waals surface area contributed by atoms with Gasteiger partial charge in [-0.3, -0.25) is 14.8 Å². The first kappa shape index (κ1) is 43.9. The monoisotopic (exact) mass is 863 g/mol. The zero-order valence-corrected chi connectivity index (χ0v) is 37.8. The number of nitrogens with one attached hydrogen (secondary N) is 2. The Kier molecular flexibility index (Phi) is 12.6. The molecule has 2 bridgehead atoms. The van der Waals surface area contributed by atoms with Gasteiger partial charge < -0.3 is 29.5 Å². The van der Waals surface area contributed by atoms with E-state index < -0.39 is 5.97 Å². The van der Waals surface area contributed by atoms with E-state index in [0.29, 0.717) is 81.2 Å².